The second kappa shape index (κ2) is 5.95. The van der Waals surface area contributed by atoms with E-state index in [4.69, 9.17) is 9.47 Å². The van der Waals surface area contributed by atoms with E-state index in [0.29, 0.717) is 13.3 Å². The molecule has 14 heavy (non-hydrogen) atoms. The van der Waals surface area contributed by atoms with E-state index >= 15 is 0 Å². The molecule has 5 nitrogen and oxygen atoms in total. The van der Waals surface area contributed by atoms with E-state index in [1.165, 1.54) is 0 Å². The summed E-state index contributed by atoms with van der Waals surface area (Å²) in [7, 11) is 1.63. The molecule has 1 fully saturated rings. The Morgan fingerprint density at radius 2 is 2.43 bits per heavy atom. The minimum absolute atomic E-state index is 0.00272. The average molecular weight is 202 g/mol. The van der Waals surface area contributed by atoms with Crippen LogP contribution in [0.3, 0.4) is 0 Å². The Morgan fingerprint density at radius 3 is 3.00 bits per heavy atom. The molecule has 1 rings (SSSR count). The maximum absolute atomic E-state index is 11.1. The number of carbonyl (C=O) groups is 1. The lowest BCUT2D eigenvalue weighted by molar-refractivity contribution is -0.138. The first-order valence-electron chi connectivity index (χ1n) is 4.88. The van der Waals surface area contributed by atoms with Crippen LogP contribution in [0.5, 0.6) is 0 Å². The lowest BCUT2D eigenvalue weighted by Crippen LogP contribution is -2.45. The van der Waals surface area contributed by atoms with Crippen LogP contribution in [0.25, 0.3) is 0 Å². The monoisotopic (exact) mass is 202 g/mol. The molecule has 1 aliphatic rings. The van der Waals surface area contributed by atoms with Crippen LogP contribution in [0.4, 0.5) is 0 Å². The summed E-state index contributed by atoms with van der Waals surface area (Å²) in [6, 6.07) is -0.175. The van der Waals surface area contributed by atoms with Gasteiger partial charge in [0.1, 0.15) is 6.79 Å². The number of ether oxygens (including phenoxy) is 2. The summed E-state index contributed by atoms with van der Waals surface area (Å²) in [6.45, 7) is 3.62. The van der Waals surface area contributed by atoms with E-state index in [9.17, 15) is 4.79 Å². The van der Waals surface area contributed by atoms with Crippen molar-refractivity contribution in [3.63, 3.8) is 0 Å². The third-order valence-electron chi connectivity index (χ3n) is 2.26. The first-order valence-corrected chi connectivity index (χ1v) is 4.88. The molecular weight excluding hydrogens is 184 g/mol. The lowest BCUT2D eigenvalue weighted by atomic mass is 10.2. The maximum atomic E-state index is 11.1. The van der Waals surface area contributed by atoms with Gasteiger partial charge in [-0.3, -0.25) is 4.79 Å². The van der Waals surface area contributed by atoms with Gasteiger partial charge in [0, 0.05) is 13.6 Å². The molecule has 1 heterocycles. The first kappa shape index (κ1) is 11.4. The van der Waals surface area contributed by atoms with Gasteiger partial charge in [-0.25, -0.2) is 0 Å². The Balaban J connectivity index is 2.15. The van der Waals surface area contributed by atoms with Gasteiger partial charge in [-0.2, -0.15) is 0 Å². The zero-order chi connectivity index (χ0) is 10.4. The molecule has 2 unspecified atom stereocenters. The lowest BCUT2D eigenvalue weighted by Gasteiger charge is -2.24. The van der Waals surface area contributed by atoms with Crippen molar-refractivity contribution in [3.05, 3.63) is 0 Å². The molecule has 2 N–H and O–H groups in total. The molecule has 82 valence electrons. The molecule has 0 aromatic carbocycles. The normalized spacial score (nSPS) is 24.3. The van der Waals surface area contributed by atoms with E-state index in [0.717, 1.165) is 13.0 Å². The fraction of sp³-hybridized carbons (Fsp3) is 0.889. The summed E-state index contributed by atoms with van der Waals surface area (Å²) < 4.78 is 10.4. The Bertz CT molecular complexity index is 181. The molecule has 1 saturated heterocycles. The molecule has 1 amide bonds. The summed E-state index contributed by atoms with van der Waals surface area (Å²) in [5.74, 6) is -0.00272. The topological polar surface area (TPSA) is 59.6 Å². The summed E-state index contributed by atoms with van der Waals surface area (Å²) >= 11 is 0. The van der Waals surface area contributed by atoms with Gasteiger partial charge in [0.25, 0.3) is 0 Å². The molecule has 0 radical (unpaired) electrons. The van der Waals surface area contributed by atoms with E-state index < -0.39 is 0 Å². The van der Waals surface area contributed by atoms with Crippen molar-refractivity contribution in [1.82, 2.24) is 10.6 Å². The van der Waals surface area contributed by atoms with Gasteiger partial charge in [0.2, 0.25) is 5.91 Å². The van der Waals surface area contributed by atoms with Crippen LogP contribution >= 0.6 is 0 Å². The number of carbonyl (C=O) groups excluding carboxylic acids is 1. The predicted octanol–water partition coefficient (Wildman–Crippen LogP) is -0.526. The number of amides is 1. The van der Waals surface area contributed by atoms with E-state index in [-0.39, 0.29) is 18.1 Å². The molecule has 1 aliphatic heterocycles. The van der Waals surface area contributed by atoms with Gasteiger partial charge in [0.05, 0.1) is 18.8 Å². The molecular formula is C9H18N2O3. The quantitative estimate of drug-likeness (QED) is 0.643. The molecule has 0 aromatic rings. The van der Waals surface area contributed by atoms with E-state index in [1.54, 1.807) is 7.05 Å². The second-order valence-electron chi connectivity index (χ2n) is 3.35. The SMILES string of the molecule is CNC(=O)C(C)NCC1CCOCO1. The van der Waals surface area contributed by atoms with E-state index in [2.05, 4.69) is 10.6 Å². The minimum atomic E-state index is -0.175. The van der Waals surface area contributed by atoms with Crippen LogP contribution in [-0.2, 0) is 14.3 Å². The van der Waals surface area contributed by atoms with Crippen molar-refractivity contribution in [2.75, 3.05) is 27.0 Å². The van der Waals surface area contributed by atoms with Crippen molar-refractivity contribution in [2.24, 2.45) is 0 Å². The van der Waals surface area contributed by atoms with Gasteiger partial charge >= 0.3 is 0 Å². The number of nitrogens with one attached hydrogen (secondary N) is 2. The van der Waals surface area contributed by atoms with Crippen LogP contribution < -0.4 is 10.6 Å². The molecule has 5 heteroatoms. The molecule has 0 bridgehead atoms. The number of hydrogen-bond donors (Lipinski definition) is 2. The molecule has 2 atom stereocenters. The predicted molar refractivity (Wildman–Crippen MR) is 51.8 cm³/mol. The van der Waals surface area contributed by atoms with Gasteiger partial charge in [-0.15, -0.1) is 0 Å². The third-order valence-corrected chi connectivity index (χ3v) is 2.26. The summed E-state index contributed by atoms with van der Waals surface area (Å²) in [5, 5.41) is 5.70. The Labute approximate surface area is 84.1 Å². The van der Waals surface area contributed by atoms with Crippen molar-refractivity contribution in [2.45, 2.75) is 25.5 Å². The van der Waals surface area contributed by atoms with Gasteiger partial charge < -0.3 is 20.1 Å². The number of rotatable bonds is 4. The van der Waals surface area contributed by atoms with Crippen LogP contribution in [-0.4, -0.2) is 45.0 Å². The highest BCUT2D eigenvalue weighted by Gasteiger charge is 2.16. The average Bonchev–Trinajstić information content (AvgIpc) is 2.26. The maximum Gasteiger partial charge on any atom is 0.236 e. The molecule has 0 spiro atoms. The van der Waals surface area contributed by atoms with Crippen LogP contribution in [0.1, 0.15) is 13.3 Å². The molecule has 0 aromatic heterocycles. The Kier molecular flexibility index (Phi) is 4.86. The van der Waals surface area contributed by atoms with Crippen molar-refractivity contribution >= 4 is 5.91 Å². The zero-order valence-electron chi connectivity index (χ0n) is 8.71. The van der Waals surface area contributed by atoms with Gasteiger partial charge in [0.15, 0.2) is 0 Å². The zero-order valence-corrected chi connectivity index (χ0v) is 8.71. The highest BCUT2D eigenvalue weighted by atomic mass is 16.7. The highest BCUT2D eigenvalue weighted by molar-refractivity contribution is 5.80. The smallest absolute Gasteiger partial charge is 0.236 e. The molecule has 0 aliphatic carbocycles. The van der Waals surface area contributed by atoms with Gasteiger partial charge in [-0.1, -0.05) is 0 Å². The number of likely N-dealkylation sites (N-methyl/N-ethyl adjacent to an activating group) is 1. The number of hydrogen-bond acceptors (Lipinski definition) is 4. The fourth-order valence-electron chi connectivity index (χ4n) is 1.28. The fourth-order valence-corrected chi connectivity index (χ4v) is 1.28. The largest absolute Gasteiger partial charge is 0.358 e. The van der Waals surface area contributed by atoms with Crippen LogP contribution in [0.15, 0.2) is 0 Å². The van der Waals surface area contributed by atoms with Crippen LogP contribution in [0, 0.1) is 0 Å². The van der Waals surface area contributed by atoms with Crippen LogP contribution in [0.2, 0.25) is 0 Å². The second-order valence-corrected chi connectivity index (χ2v) is 3.35. The minimum Gasteiger partial charge on any atom is -0.358 e. The summed E-state index contributed by atoms with van der Waals surface area (Å²) in [5.41, 5.74) is 0. The standard InChI is InChI=1S/C9H18N2O3/c1-7(9(12)10-2)11-5-8-3-4-13-6-14-8/h7-8,11H,3-6H2,1-2H3,(H,10,12). The van der Waals surface area contributed by atoms with Crippen molar-refractivity contribution in [3.8, 4) is 0 Å². The third kappa shape index (κ3) is 3.61. The Hall–Kier alpha value is -0.650. The van der Waals surface area contributed by atoms with E-state index in [1.807, 2.05) is 6.92 Å². The van der Waals surface area contributed by atoms with Gasteiger partial charge in [-0.05, 0) is 13.3 Å². The molecule has 0 saturated carbocycles. The highest BCUT2D eigenvalue weighted by Crippen LogP contribution is 2.04. The Morgan fingerprint density at radius 1 is 1.64 bits per heavy atom. The summed E-state index contributed by atoms with van der Waals surface area (Å²) in [4.78, 5) is 11.1. The van der Waals surface area contributed by atoms with Crippen molar-refractivity contribution in [1.29, 1.82) is 0 Å². The van der Waals surface area contributed by atoms with Crippen molar-refractivity contribution < 1.29 is 14.3 Å². The first-order chi connectivity index (χ1) is 6.74. The summed E-state index contributed by atoms with van der Waals surface area (Å²) in [6.07, 6.45) is 1.05.